The Balaban J connectivity index is 1.08. The molecule has 4 aliphatic rings. The second-order valence-electron chi connectivity index (χ2n) is 34.4. The molecule has 714 valence electrons. The molecule has 14 atom stereocenters. The fourth-order valence-corrected chi connectivity index (χ4v) is 16.6. The first-order chi connectivity index (χ1) is 62.8. The van der Waals surface area contributed by atoms with Crippen molar-refractivity contribution < 1.29 is 96.5 Å². The number of hydrogen-bond donors (Lipinski definition) is 18. The number of nitrogens with two attached hydrogens (primary N) is 3. The van der Waals surface area contributed by atoms with Crippen LogP contribution in [0.5, 0.6) is 5.75 Å². The average Bonchev–Trinajstić information content (AvgIpc) is 1.54. The van der Waals surface area contributed by atoms with Crippen molar-refractivity contribution in [3.8, 4) is 5.75 Å². The molecule has 0 unspecified atom stereocenters. The van der Waals surface area contributed by atoms with Gasteiger partial charge in [0, 0.05) is 126 Å². The molecule has 9 rings (SSSR count). The maximum Gasteiger partial charge on any atom is 0.246 e. The number of aromatic amines is 2. The van der Waals surface area contributed by atoms with E-state index in [4.69, 9.17) is 17.2 Å². The van der Waals surface area contributed by atoms with Crippen molar-refractivity contribution in [2.45, 2.75) is 235 Å². The van der Waals surface area contributed by atoms with Crippen LogP contribution in [0.1, 0.15) is 148 Å². The van der Waals surface area contributed by atoms with Crippen LogP contribution in [0.3, 0.4) is 0 Å². The summed E-state index contributed by atoms with van der Waals surface area (Å²) in [4.78, 5) is 277. The van der Waals surface area contributed by atoms with Crippen molar-refractivity contribution in [2.75, 3.05) is 60.4 Å². The van der Waals surface area contributed by atoms with Gasteiger partial charge in [-0.25, -0.2) is 0 Å². The number of aliphatic imine (C=N–C) groups is 1. The minimum atomic E-state index is -1.79. The number of phenols is 1. The third kappa shape index (κ3) is 28.2. The second-order valence-corrected chi connectivity index (χ2v) is 34.4. The van der Waals surface area contributed by atoms with Gasteiger partial charge in [0.1, 0.15) is 84.3 Å². The van der Waals surface area contributed by atoms with Gasteiger partial charge in [-0.05, 0) is 104 Å². The summed E-state index contributed by atoms with van der Waals surface area (Å²) in [5, 5.41) is 52.0. The van der Waals surface area contributed by atoms with Gasteiger partial charge in [0.15, 0.2) is 0 Å². The van der Waals surface area contributed by atoms with Gasteiger partial charge < -0.3 is 120 Å². The third-order valence-corrected chi connectivity index (χ3v) is 24.0. The molecule has 4 aliphatic heterocycles. The molecule has 6 heterocycles. The number of hydrogen-bond acceptors (Lipinski definition) is 22. The Morgan fingerprint density at radius 1 is 0.538 bits per heavy atom. The number of carbonyl (C=O) groups excluding carboxylic acids is 18. The minimum absolute atomic E-state index is 0.0361. The zero-order chi connectivity index (χ0) is 96.3. The summed E-state index contributed by atoms with van der Waals surface area (Å²) in [5.41, 5.74) is 20.1. The molecule has 42 heteroatoms. The number of benzene rings is 3. The molecule has 21 N–H and O–H groups in total. The van der Waals surface area contributed by atoms with Gasteiger partial charge in [0.2, 0.25) is 106 Å². The number of aromatic nitrogens is 2. The molecule has 5 aromatic rings. The van der Waals surface area contributed by atoms with E-state index in [1.54, 1.807) is 74.8 Å². The number of likely N-dealkylation sites (N-methyl/N-ethyl adjacent to an activating group) is 3. The maximum absolute atomic E-state index is 15.6. The van der Waals surface area contributed by atoms with E-state index < -0.39 is 249 Å². The number of primary amides is 3. The molecule has 2 aromatic heterocycles. The molecular weight excluding hydrogens is 1710 g/mol. The monoisotopic (exact) mass is 1830 g/mol. The highest BCUT2D eigenvalue weighted by atomic mass is 16.3. The Morgan fingerprint density at radius 2 is 1.08 bits per heavy atom. The van der Waals surface area contributed by atoms with Crippen LogP contribution >= 0.6 is 0 Å². The van der Waals surface area contributed by atoms with E-state index in [0.717, 1.165) is 14.7 Å². The van der Waals surface area contributed by atoms with Crippen molar-refractivity contribution in [3.63, 3.8) is 0 Å². The number of rotatable bonds is 24. The van der Waals surface area contributed by atoms with E-state index in [9.17, 15) is 63.0 Å². The molecular formula is C90H124N22O20. The molecule has 3 aromatic carbocycles. The average molecular weight is 1830 g/mol. The maximum atomic E-state index is 15.6. The molecule has 18 amide bonds. The summed E-state index contributed by atoms with van der Waals surface area (Å²) in [6, 6.07) is -0.122. The summed E-state index contributed by atoms with van der Waals surface area (Å²) < 4.78 is 0. The molecule has 0 aliphatic carbocycles. The predicted octanol–water partition coefficient (Wildman–Crippen LogP) is -2.65. The number of aromatic hydroxyl groups is 1. The lowest BCUT2D eigenvalue weighted by Crippen LogP contribution is -2.61. The Hall–Kier alpha value is -13.7. The second kappa shape index (κ2) is 48.3. The van der Waals surface area contributed by atoms with Gasteiger partial charge in [-0.1, -0.05) is 102 Å². The summed E-state index contributed by atoms with van der Waals surface area (Å²) in [5.74, 6) is -17.2. The van der Waals surface area contributed by atoms with E-state index in [0.29, 0.717) is 69.8 Å². The SMILES string of the molecule is CCCC[C@H]1C(=O)N(C)[C@@H](CCCC)C(=O)N[C@@H](CC(C)C)C(=O)N[C@H](C(=O)NCC(N)=O)CNCC(=O)N[C@@H](Cc2ccc(O)cc2)C(=O)N(C)[C@@H](C)C(=O)N[C@@H](CC(N)=O)C(=O)N2CCC[C@H]2C(=O)N[C@@H](CC2=CN=CC2)C(=O)N[C@@H](CCC(N)=O)C(=O)N2C[C@H](O)C[C@H]2C(=O)N[C@@H](Cc2c[nH]c3ccccc23)C(=O)NCC(=O)N[C@@H](Cc2c[nH]c3ccccc23)C(=O)N1C. The van der Waals surface area contributed by atoms with E-state index >= 15 is 33.6 Å². The van der Waals surface area contributed by atoms with Gasteiger partial charge in [-0.3, -0.25) is 91.3 Å². The lowest BCUT2D eigenvalue weighted by Gasteiger charge is -2.36. The van der Waals surface area contributed by atoms with Crippen LogP contribution in [0.15, 0.2) is 102 Å². The third-order valence-electron chi connectivity index (χ3n) is 24.0. The van der Waals surface area contributed by atoms with Crippen LogP contribution in [0.25, 0.3) is 21.8 Å². The van der Waals surface area contributed by atoms with Crippen LogP contribution in [0.2, 0.25) is 0 Å². The number of nitrogens with zero attached hydrogens (tertiary/aromatic N) is 6. The van der Waals surface area contributed by atoms with Gasteiger partial charge in [0.25, 0.3) is 0 Å². The fourth-order valence-electron chi connectivity index (χ4n) is 16.6. The van der Waals surface area contributed by atoms with Crippen molar-refractivity contribution in [1.82, 2.24) is 93.0 Å². The summed E-state index contributed by atoms with van der Waals surface area (Å²) >= 11 is 0. The molecule has 0 radical (unpaired) electrons. The number of amides is 18. The molecule has 42 nitrogen and oxygen atoms in total. The molecule has 0 saturated carbocycles. The topological polar surface area (TPSA) is 618 Å². The molecule has 3 saturated heterocycles. The zero-order valence-electron chi connectivity index (χ0n) is 75.5. The Labute approximate surface area is 763 Å². The van der Waals surface area contributed by atoms with E-state index in [1.165, 1.54) is 74.5 Å². The van der Waals surface area contributed by atoms with Crippen LogP contribution in [-0.2, 0) is 106 Å². The fraction of sp³-hybridized carbons (Fsp3) is 0.522. The number of H-pyrrole nitrogens is 2. The minimum Gasteiger partial charge on any atom is -0.508 e. The van der Waals surface area contributed by atoms with Crippen LogP contribution < -0.4 is 75.7 Å². The quantitative estimate of drug-likeness (QED) is 0.0300. The van der Waals surface area contributed by atoms with Crippen LogP contribution in [-0.4, -0.2) is 302 Å². The van der Waals surface area contributed by atoms with Crippen LogP contribution in [0.4, 0.5) is 0 Å². The number of nitrogens with one attached hydrogen (secondary N) is 13. The lowest BCUT2D eigenvalue weighted by atomic mass is 9.99. The number of aliphatic hydroxyl groups excluding tert-OH is 1. The van der Waals surface area contributed by atoms with Crippen molar-refractivity contribution in [2.24, 2.45) is 28.1 Å². The highest BCUT2D eigenvalue weighted by molar-refractivity contribution is 6.02. The summed E-state index contributed by atoms with van der Waals surface area (Å²) in [7, 11) is 3.97. The molecule has 3 fully saturated rings. The first kappa shape index (κ1) is 102. The van der Waals surface area contributed by atoms with Gasteiger partial charge in [-0.15, -0.1) is 0 Å². The lowest BCUT2D eigenvalue weighted by molar-refractivity contribution is -0.149. The Bertz CT molecular complexity index is 5110. The number of carbonyl (C=O) groups is 18. The van der Waals surface area contributed by atoms with Gasteiger partial charge in [0.05, 0.1) is 32.2 Å². The molecule has 0 bridgehead atoms. The van der Waals surface area contributed by atoms with E-state index in [-0.39, 0.29) is 82.4 Å². The van der Waals surface area contributed by atoms with Gasteiger partial charge in [-0.2, -0.15) is 0 Å². The first-order valence-corrected chi connectivity index (χ1v) is 44.5. The zero-order valence-corrected chi connectivity index (χ0v) is 75.5. The number of fused-ring (bicyclic) bond motifs is 4. The standard InChI is InChI=1S/C90H124N22O20/c1-9-11-22-69-83(125)103-62(34-49(3)4)81(123)107-68(80(122)98-45-75(93)117)44-95-46-76(118)100-65(35-51-25-27-55(113)28-26-51)86(128)108(6)50(5)78(120)106-67(40-74(92)116)89(131)111-33-17-24-70(111)84(126)104-63(36-52-31-32-94-41-52)82(124)102-61(29-30-73(91)115)88(130)112-48-56(114)39-72(112)85(127)105-64(37-53-42-96-59-20-15-13-18-57(53)59)79(121)99-47-77(119)101-66(38-54-43-97-60-21-16-14-19-58(54)60)87(129)110(8)71(23-12-10-2)90(132)109(69)7/h13-16,18-21,25-28,32,41-43,49-50,56,61-72,95-97,113-114H,9-12,17,22-24,29-31,33-40,44-48H2,1-8H3,(H2,91,115)(H2,92,116)(H2,93,117)(H,98,122)(H,99,121)(H,100,118)(H,101,119)(H,102,124)(H,103,125)(H,104,126)(H,105,127)(H,106,120)(H,107,123)/t50-,56+,61-,62-,63-,64-,65-,66-,67-,68-,69-,70-,71-,72-/m0/s1. The molecule has 0 spiro atoms. The highest BCUT2D eigenvalue weighted by Gasteiger charge is 2.46. The smallest absolute Gasteiger partial charge is 0.246 e. The highest BCUT2D eigenvalue weighted by Crippen LogP contribution is 2.28. The number of aliphatic hydroxyl groups is 1. The Kier molecular flexibility index (Phi) is 37.3. The first-order valence-electron chi connectivity index (χ1n) is 44.5. The largest absolute Gasteiger partial charge is 0.508 e. The van der Waals surface area contributed by atoms with Crippen molar-refractivity contribution in [1.29, 1.82) is 0 Å². The van der Waals surface area contributed by atoms with Crippen molar-refractivity contribution >= 4 is 134 Å². The summed E-state index contributed by atoms with van der Waals surface area (Å²) in [6.45, 7) is 5.06. The molecule has 132 heavy (non-hydrogen) atoms. The van der Waals surface area contributed by atoms with E-state index in [2.05, 4.69) is 73.4 Å². The Morgan fingerprint density at radius 3 is 1.68 bits per heavy atom. The van der Waals surface area contributed by atoms with Crippen LogP contribution in [0, 0.1) is 5.92 Å². The normalized spacial score (nSPS) is 25.0. The number of unbranched alkanes of at least 4 members (excludes halogenated alkanes) is 2. The number of phenolic OH excluding ortho intramolecular Hbond substituents is 1. The number of para-hydroxylation sites is 2. The summed E-state index contributed by atoms with van der Waals surface area (Å²) in [6.07, 6.45) is 3.72. The van der Waals surface area contributed by atoms with Gasteiger partial charge >= 0.3 is 0 Å². The predicted molar refractivity (Wildman–Crippen MR) is 482 cm³/mol. The van der Waals surface area contributed by atoms with Crippen molar-refractivity contribution in [3.05, 3.63) is 114 Å². The van der Waals surface area contributed by atoms with E-state index in [1.807, 2.05) is 13.8 Å².